The van der Waals surface area contributed by atoms with Gasteiger partial charge in [-0.15, -0.1) is 11.3 Å². The average molecular weight is 264 g/mol. The minimum absolute atomic E-state index is 0.0517. The summed E-state index contributed by atoms with van der Waals surface area (Å²) >= 11 is 1.41. The lowest BCUT2D eigenvalue weighted by Crippen LogP contribution is -2.06. The first-order chi connectivity index (χ1) is 8.61. The van der Waals surface area contributed by atoms with E-state index in [-0.39, 0.29) is 5.78 Å². The smallest absolute Gasteiger partial charge is 0.182 e. The minimum Gasteiger partial charge on any atom is -0.495 e. The number of ketones is 1. The number of ether oxygens (including phenoxy) is 1. The summed E-state index contributed by atoms with van der Waals surface area (Å²) in [6.07, 6.45) is 2.22. The van der Waals surface area contributed by atoms with Crippen molar-refractivity contribution >= 4 is 17.1 Å². The molecule has 0 unspecified atom stereocenters. The summed E-state index contributed by atoms with van der Waals surface area (Å²) in [6.45, 7) is 4.11. The van der Waals surface area contributed by atoms with E-state index in [4.69, 9.17) is 4.74 Å². The van der Waals surface area contributed by atoms with Gasteiger partial charge < -0.3 is 4.74 Å². The fourth-order valence-corrected chi connectivity index (χ4v) is 2.46. The number of rotatable bonds is 5. The van der Waals surface area contributed by atoms with E-state index < -0.39 is 0 Å². The normalized spacial score (nSPS) is 10.9. The van der Waals surface area contributed by atoms with Crippen molar-refractivity contribution in [1.82, 2.24) is 9.78 Å². The summed E-state index contributed by atoms with van der Waals surface area (Å²) in [4.78, 5) is 12.8. The molecular formula is C13H16N2O2S. The lowest BCUT2D eigenvalue weighted by Gasteiger charge is -2.03. The highest BCUT2D eigenvalue weighted by molar-refractivity contribution is 7.12. The SMILES string of the molecule is COc1ccsc1C(=O)Cc1ccn(C(C)C)n1. The highest BCUT2D eigenvalue weighted by Crippen LogP contribution is 2.25. The van der Waals surface area contributed by atoms with E-state index >= 15 is 0 Å². The van der Waals surface area contributed by atoms with Crippen molar-refractivity contribution in [3.05, 3.63) is 34.3 Å². The zero-order valence-corrected chi connectivity index (χ0v) is 11.5. The van der Waals surface area contributed by atoms with Crippen LogP contribution in [-0.4, -0.2) is 22.7 Å². The number of Topliss-reactive ketones (excluding diaryl/α,β-unsaturated/α-hetero) is 1. The maximum absolute atomic E-state index is 12.1. The lowest BCUT2D eigenvalue weighted by molar-refractivity contribution is 0.0993. The number of methoxy groups -OCH3 is 1. The minimum atomic E-state index is 0.0517. The van der Waals surface area contributed by atoms with Gasteiger partial charge in [-0.2, -0.15) is 5.10 Å². The van der Waals surface area contributed by atoms with Crippen LogP contribution in [-0.2, 0) is 6.42 Å². The van der Waals surface area contributed by atoms with E-state index in [1.807, 2.05) is 28.4 Å². The molecule has 2 aromatic rings. The summed E-state index contributed by atoms with van der Waals surface area (Å²) in [5.41, 5.74) is 0.796. The highest BCUT2D eigenvalue weighted by Gasteiger charge is 2.15. The molecule has 18 heavy (non-hydrogen) atoms. The fourth-order valence-electron chi connectivity index (χ4n) is 1.67. The van der Waals surface area contributed by atoms with E-state index in [0.29, 0.717) is 23.1 Å². The van der Waals surface area contributed by atoms with Crippen molar-refractivity contribution in [2.24, 2.45) is 0 Å². The predicted octanol–water partition coefficient (Wildman–Crippen LogP) is 2.96. The molecule has 2 heterocycles. The van der Waals surface area contributed by atoms with Crippen LogP contribution in [0.25, 0.3) is 0 Å². The standard InChI is InChI=1S/C13H16N2O2S/c1-9(2)15-6-4-10(14-15)8-11(16)13-12(17-3)5-7-18-13/h4-7,9H,8H2,1-3H3. The number of carbonyl (C=O) groups is 1. The third-order valence-corrected chi connectivity index (χ3v) is 3.57. The molecule has 0 radical (unpaired) electrons. The maximum atomic E-state index is 12.1. The molecule has 5 heteroatoms. The Kier molecular flexibility index (Phi) is 3.81. The first kappa shape index (κ1) is 12.8. The molecule has 0 fully saturated rings. The Balaban J connectivity index is 2.11. The Labute approximate surface area is 110 Å². The highest BCUT2D eigenvalue weighted by atomic mass is 32.1. The van der Waals surface area contributed by atoms with Crippen LogP contribution in [0.1, 0.15) is 35.3 Å². The monoisotopic (exact) mass is 264 g/mol. The van der Waals surface area contributed by atoms with Crippen molar-refractivity contribution in [3.8, 4) is 5.75 Å². The quantitative estimate of drug-likeness (QED) is 0.780. The number of nitrogens with zero attached hydrogens (tertiary/aromatic N) is 2. The van der Waals surface area contributed by atoms with Gasteiger partial charge in [0, 0.05) is 12.2 Å². The zero-order chi connectivity index (χ0) is 13.1. The van der Waals surface area contributed by atoms with E-state index in [1.54, 1.807) is 7.11 Å². The lowest BCUT2D eigenvalue weighted by atomic mass is 10.2. The molecule has 0 saturated heterocycles. The molecular weight excluding hydrogens is 248 g/mol. The van der Waals surface area contributed by atoms with Gasteiger partial charge in [0.2, 0.25) is 0 Å². The Morgan fingerprint density at radius 1 is 1.50 bits per heavy atom. The molecule has 0 saturated carbocycles. The Morgan fingerprint density at radius 3 is 2.89 bits per heavy atom. The Morgan fingerprint density at radius 2 is 2.28 bits per heavy atom. The first-order valence-electron chi connectivity index (χ1n) is 5.80. The van der Waals surface area contributed by atoms with Crippen LogP contribution in [0.4, 0.5) is 0 Å². The van der Waals surface area contributed by atoms with E-state index in [1.165, 1.54) is 11.3 Å². The molecule has 0 atom stereocenters. The molecule has 0 aliphatic carbocycles. The second-order valence-corrected chi connectivity index (χ2v) is 5.22. The van der Waals surface area contributed by atoms with Gasteiger partial charge in [0.05, 0.1) is 19.2 Å². The maximum Gasteiger partial charge on any atom is 0.182 e. The second-order valence-electron chi connectivity index (χ2n) is 4.30. The van der Waals surface area contributed by atoms with E-state index in [2.05, 4.69) is 18.9 Å². The van der Waals surface area contributed by atoms with Crippen molar-refractivity contribution in [2.75, 3.05) is 7.11 Å². The summed E-state index contributed by atoms with van der Waals surface area (Å²) < 4.78 is 7.01. The molecule has 0 bridgehead atoms. The second kappa shape index (κ2) is 5.35. The molecule has 2 rings (SSSR count). The molecule has 96 valence electrons. The van der Waals surface area contributed by atoms with Crippen molar-refractivity contribution < 1.29 is 9.53 Å². The van der Waals surface area contributed by atoms with Crippen LogP contribution < -0.4 is 4.74 Å². The molecule has 0 aliphatic rings. The zero-order valence-electron chi connectivity index (χ0n) is 10.7. The number of thiophene rings is 1. The molecule has 0 amide bonds. The average Bonchev–Trinajstić information content (AvgIpc) is 2.96. The number of hydrogen-bond acceptors (Lipinski definition) is 4. The molecule has 0 aromatic carbocycles. The summed E-state index contributed by atoms with van der Waals surface area (Å²) in [5, 5.41) is 6.23. The van der Waals surface area contributed by atoms with Crippen LogP contribution >= 0.6 is 11.3 Å². The molecule has 0 N–H and O–H groups in total. The summed E-state index contributed by atoms with van der Waals surface area (Å²) in [5.74, 6) is 0.698. The van der Waals surface area contributed by atoms with E-state index in [9.17, 15) is 4.79 Å². The summed E-state index contributed by atoms with van der Waals surface area (Å²) in [7, 11) is 1.58. The molecule has 0 spiro atoms. The molecule has 2 aromatic heterocycles. The largest absolute Gasteiger partial charge is 0.495 e. The molecule has 0 aliphatic heterocycles. The first-order valence-corrected chi connectivity index (χ1v) is 6.68. The van der Waals surface area contributed by atoms with Gasteiger partial charge in [-0.1, -0.05) is 0 Å². The van der Waals surface area contributed by atoms with Crippen molar-refractivity contribution in [2.45, 2.75) is 26.3 Å². The van der Waals surface area contributed by atoms with Crippen LogP contribution in [0.15, 0.2) is 23.7 Å². The number of carbonyl (C=O) groups excluding carboxylic acids is 1. The van der Waals surface area contributed by atoms with Crippen LogP contribution in [0, 0.1) is 0 Å². The third-order valence-electron chi connectivity index (χ3n) is 2.64. The van der Waals surface area contributed by atoms with Gasteiger partial charge in [-0.05, 0) is 31.4 Å². The number of hydrogen-bond donors (Lipinski definition) is 0. The van der Waals surface area contributed by atoms with Crippen LogP contribution in [0.2, 0.25) is 0 Å². The van der Waals surface area contributed by atoms with Crippen LogP contribution in [0.5, 0.6) is 5.75 Å². The Bertz CT molecular complexity index is 543. The Hall–Kier alpha value is -1.62. The van der Waals surface area contributed by atoms with Gasteiger partial charge in [0.15, 0.2) is 5.78 Å². The van der Waals surface area contributed by atoms with Gasteiger partial charge in [-0.25, -0.2) is 0 Å². The van der Waals surface area contributed by atoms with Gasteiger partial charge in [0.25, 0.3) is 0 Å². The van der Waals surface area contributed by atoms with Gasteiger partial charge in [0.1, 0.15) is 10.6 Å². The predicted molar refractivity (Wildman–Crippen MR) is 71.5 cm³/mol. The van der Waals surface area contributed by atoms with Gasteiger partial charge in [-0.3, -0.25) is 9.48 Å². The molecule has 4 nitrogen and oxygen atoms in total. The van der Waals surface area contributed by atoms with Crippen molar-refractivity contribution in [1.29, 1.82) is 0 Å². The van der Waals surface area contributed by atoms with Crippen LogP contribution in [0.3, 0.4) is 0 Å². The fraction of sp³-hybridized carbons (Fsp3) is 0.385. The van der Waals surface area contributed by atoms with Gasteiger partial charge >= 0.3 is 0 Å². The topological polar surface area (TPSA) is 44.1 Å². The third kappa shape index (κ3) is 2.61. The summed E-state index contributed by atoms with van der Waals surface area (Å²) in [6, 6.07) is 4.01. The van der Waals surface area contributed by atoms with Crippen molar-refractivity contribution in [3.63, 3.8) is 0 Å². The van der Waals surface area contributed by atoms with E-state index in [0.717, 1.165) is 5.69 Å². The number of aromatic nitrogens is 2.